The van der Waals surface area contributed by atoms with Gasteiger partial charge in [-0.3, -0.25) is 0 Å². The number of hydrogen-bond acceptors (Lipinski definition) is 5. The molecule has 2 heterocycles. The Morgan fingerprint density at radius 1 is 1.37 bits per heavy atom. The van der Waals surface area contributed by atoms with Crippen molar-refractivity contribution in [2.24, 2.45) is 0 Å². The Bertz CT molecular complexity index is 689. The second kappa shape index (κ2) is 5.11. The third kappa shape index (κ3) is 2.27. The molecule has 4 nitrogen and oxygen atoms in total. The summed E-state index contributed by atoms with van der Waals surface area (Å²) in [6, 6.07) is 8.09. The SMILES string of the molecule is CCCC(O)c1noc(-c2csc3ccccc23)n1. The number of aromatic nitrogens is 2. The summed E-state index contributed by atoms with van der Waals surface area (Å²) in [5, 5.41) is 16.8. The first-order valence-electron chi connectivity index (χ1n) is 6.28. The summed E-state index contributed by atoms with van der Waals surface area (Å²) >= 11 is 1.65. The monoisotopic (exact) mass is 274 g/mol. The topological polar surface area (TPSA) is 59.2 Å². The van der Waals surface area contributed by atoms with E-state index in [-0.39, 0.29) is 0 Å². The molecular formula is C14H14N2O2S. The molecule has 0 saturated heterocycles. The van der Waals surface area contributed by atoms with Crippen molar-refractivity contribution in [3.63, 3.8) is 0 Å². The minimum atomic E-state index is -0.646. The molecule has 3 rings (SSSR count). The van der Waals surface area contributed by atoms with Crippen LogP contribution in [0.4, 0.5) is 0 Å². The van der Waals surface area contributed by atoms with Gasteiger partial charge in [-0.2, -0.15) is 4.98 Å². The van der Waals surface area contributed by atoms with Crippen LogP contribution in [0.5, 0.6) is 0 Å². The van der Waals surface area contributed by atoms with Gasteiger partial charge in [-0.25, -0.2) is 0 Å². The Morgan fingerprint density at radius 3 is 3.05 bits per heavy atom. The first-order chi connectivity index (χ1) is 9.29. The van der Waals surface area contributed by atoms with Crippen LogP contribution >= 0.6 is 11.3 Å². The molecule has 98 valence electrons. The fourth-order valence-corrected chi connectivity index (χ4v) is 2.96. The lowest BCUT2D eigenvalue weighted by atomic mass is 10.2. The first-order valence-corrected chi connectivity index (χ1v) is 7.16. The molecular weight excluding hydrogens is 260 g/mol. The predicted octanol–water partition coefficient (Wildman–Crippen LogP) is 3.78. The number of hydrogen-bond donors (Lipinski definition) is 1. The summed E-state index contributed by atoms with van der Waals surface area (Å²) in [7, 11) is 0. The van der Waals surface area contributed by atoms with E-state index in [1.807, 2.05) is 30.5 Å². The van der Waals surface area contributed by atoms with Gasteiger partial charge >= 0.3 is 0 Å². The number of benzene rings is 1. The van der Waals surface area contributed by atoms with Gasteiger partial charge < -0.3 is 9.63 Å². The summed E-state index contributed by atoms with van der Waals surface area (Å²) < 4.78 is 6.46. The molecule has 0 saturated carbocycles. The Kier molecular flexibility index (Phi) is 3.31. The Labute approximate surface area is 114 Å². The van der Waals surface area contributed by atoms with Crippen molar-refractivity contribution in [2.45, 2.75) is 25.9 Å². The molecule has 0 spiro atoms. The van der Waals surface area contributed by atoms with Crippen molar-refractivity contribution in [2.75, 3.05) is 0 Å². The van der Waals surface area contributed by atoms with Crippen LogP contribution in [0.1, 0.15) is 31.7 Å². The van der Waals surface area contributed by atoms with Gasteiger partial charge in [-0.1, -0.05) is 36.7 Å². The summed E-state index contributed by atoms with van der Waals surface area (Å²) in [6.07, 6.45) is 0.878. The summed E-state index contributed by atoms with van der Waals surface area (Å²) in [4.78, 5) is 4.30. The predicted molar refractivity (Wildman–Crippen MR) is 75.0 cm³/mol. The third-order valence-electron chi connectivity index (χ3n) is 3.01. The van der Waals surface area contributed by atoms with Crippen molar-refractivity contribution in [3.8, 4) is 11.5 Å². The molecule has 1 aromatic carbocycles. The molecule has 5 heteroatoms. The van der Waals surface area contributed by atoms with E-state index in [0.717, 1.165) is 17.4 Å². The molecule has 1 atom stereocenters. The number of nitrogens with zero attached hydrogens (tertiary/aromatic N) is 2. The van der Waals surface area contributed by atoms with Crippen molar-refractivity contribution >= 4 is 21.4 Å². The Hall–Kier alpha value is -1.72. The van der Waals surface area contributed by atoms with Gasteiger partial charge in [0.05, 0.1) is 5.56 Å². The maximum Gasteiger partial charge on any atom is 0.259 e. The number of aliphatic hydroxyl groups excluding tert-OH is 1. The molecule has 0 fully saturated rings. The van der Waals surface area contributed by atoms with E-state index in [4.69, 9.17) is 4.52 Å². The minimum absolute atomic E-state index is 0.368. The molecule has 3 aromatic rings. The molecule has 0 amide bonds. The van der Waals surface area contributed by atoms with Gasteiger partial charge in [0.15, 0.2) is 0 Å². The second-order valence-corrected chi connectivity index (χ2v) is 5.32. The highest BCUT2D eigenvalue weighted by Crippen LogP contribution is 2.33. The normalized spacial score (nSPS) is 12.9. The molecule has 0 aliphatic heterocycles. The van der Waals surface area contributed by atoms with E-state index in [1.54, 1.807) is 11.3 Å². The fourth-order valence-electron chi connectivity index (χ4n) is 2.03. The largest absolute Gasteiger partial charge is 0.385 e. The molecule has 0 aliphatic carbocycles. The van der Waals surface area contributed by atoms with Crippen LogP contribution in [-0.4, -0.2) is 15.2 Å². The molecule has 0 aliphatic rings. The van der Waals surface area contributed by atoms with Crippen LogP contribution in [0.15, 0.2) is 34.2 Å². The molecule has 1 unspecified atom stereocenters. The zero-order valence-electron chi connectivity index (χ0n) is 10.5. The highest BCUT2D eigenvalue weighted by atomic mass is 32.1. The van der Waals surface area contributed by atoms with Gasteiger partial charge in [0.1, 0.15) is 6.10 Å². The third-order valence-corrected chi connectivity index (χ3v) is 3.98. The highest BCUT2D eigenvalue weighted by molar-refractivity contribution is 7.17. The van der Waals surface area contributed by atoms with Crippen molar-refractivity contribution in [3.05, 3.63) is 35.5 Å². The summed E-state index contributed by atoms with van der Waals surface area (Å²) in [5.41, 5.74) is 0.933. The number of thiophene rings is 1. The van der Waals surface area contributed by atoms with Crippen LogP contribution < -0.4 is 0 Å². The molecule has 2 aromatic heterocycles. The van der Waals surface area contributed by atoms with Gasteiger partial charge in [-0.15, -0.1) is 11.3 Å². The van der Waals surface area contributed by atoms with Gasteiger partial charge in [0.2, 0.25) is 5.82 Å². The smallest absolute Gasteiger partial charge is 0.259 e. The molecule has 1 N–H and O–H groups in total. The molecule has 0 bridgehead atoms. The molecule has 19 heavy (non-hydrogen) atoms. The maximum atomic E-state index is 9.86. The van der Waals surface area contributed by atoms with E-state index in [0.29, 0.717) is 18.1 Å². The lowest BCUT2D eigenvalue weighted by Gasteiger charge is -2.01. The maximum absolute atomic E-state index is 9.86. The van der Waals surface area contributed by atoms with E-state index in [1.165, 1.54) is 4.70 Å². The summed E-state index contributed by atoms with van der Waals surface area (Å²) in [6.45, 7) is 2.01. The average molecular weight is 274 g/mol. The Morgan fingerprint density at radius 2 is 2.21 bits per heavy atom. The first kappa shape index (κ1) is 12.3. The lowest BCUT2D eigenvalue weighted by molar-refractivity contribution is 0.153. The molecule has 0 radical (unpaired) electrons. The van der Waals surface area contributed by atoms with Crippen LogP contribution in [0.3, 0.4) is 0 Å². The number of fused-ring (bicyclic) bond motifs is 1. The lowest BCUT2D eigenvalue weighted by Crippen LogP contribution is -1.98. The van der Waals surface area contributed by atoms with E-state index >= 15 is 0 Å². The van der Waals surface area contributed by atoms with Gasteiger partial charge in [0, 0.05) is 15.5 Å². The zero-order valence-corrected chi connectivity index (χ0v) is 11.4. The quantitative estimate of drug-likeness (QED) is 0.786. The minimum Gasteiger partial charge on any atom is -0.385 e. The fraction of sp³-hybridized carbons (Fsp3) is 0.286. The van der Waals surface area contributed by atoms with E-state index in [2.05, 4.69) is 16.2 Å². The average Bonchev–Trinajstić information content (AvgIpc) is 3.05. The zero-order chi connectivity index (χ0) is 13.2. The number of aliphatic hydroxyl groups is 1. The van der Waals surface area contributed by atoms with E-state index in [9.17, 15) is 5.11 Å². The highest BCUT2D eigenvalue weighted by Gasteiger charge is 2.17. The summed E-state index contributed by atoms with van der Waals surface area (Å²) in [5.74, 6) is 0.842. The van der Waals surface area contributed by atoms with Crippen molar-refractivity contribution in [1.29, 1.82) is 0 Å². The number of rotatable bonds is 4. The standard InChI is InChI=1S/C14H14N2O2S/c1-2-5-11(17)13-15-14(18-16-13)10-8-19-12-7-4-3-6-9(10)12/h3-4,6-8,11,17H,2,5H2,1H3. The van der Waals surface area contributed by atoms with E-state index < -0.39 is 6.10 Å². The van der Waals surface area contributed by atoms with Crippen molar-refractivity contribution < 1.29 is 9.63 Å². The van der Waals surface area contributed by atoms with Gasteiger partial charge in [-0.05, 0) is 12.5 Å². The van der Waals surface area contributed by atoms with Gasteiger partial charge in [0.25, 0.3) is 5.89 Å². The van der Waals surface area contributed by atoms with Crippen LogP contribution in [0, 0.1) is 0 Å². The van der Waals surface area contributed by atoms with Crippen LogP contribution in [0.25, 0.3) is 21.5 Å². The van der Waals surface area contributed by atoms with Crippen LogP contribution in [-0.2, 0) is 0 Å². The Balaban J connectivity index is 1.98. The van der Waals surface area contributed by atoms with Crippen molar-refractivity contribution in [1.82, 2.24) is 10.1 Å². The van der Waals surface area contributed by atoms with Crippen LogP contribution in [0.2, 0.25) is 0 Å². The second-order valence-electron chi connectivity index (χ2n) is 4.41.